The molecule has 0 saturated carbocycles. The van der Waals surface area contributed by atoms with Crippen LogP contribution < -0.4 is 0 Å². The lowest BCUT2D eigenvalue weighted by atomic mass is 10.2. The smallest absolute Gasteiger partial charge is 0.00502 e. The van der Waals surface area contributed by atoms with E-state index in [9.17, 15) is 0 Å². The van der Waals surface area contributed by atoms with Crippen LogP contribution in [-0.4, -0.2) is 0 Å². The molecule has 10 heavy (non-hydrogen) atoms. The summed E-state index contributed by atoms with van der Waals surface area (Å²) in [5.74, 6) is 2.57. The molecule has 0 N–H and O–H groups in total. The molecule has 0 unspecified atom stereocenters. The second kappa shape index (κ2) is 4.88. The Kier molecular flexibility index (Phi) is 4.41. The van der Waals surface area contributed by atoms with Crippen LogP contribution >= 0.6 is 0 Å². The highest BCUT2D eigenvalue weighted by molar-refractivity contribution is 5.23. The van der Waals surface area contributed by atoms with Gasteiger partial charge < -0.3 is 0 Å². The number of rotatable bonds is 2. The van der Waals surface area contributed by atoms with Gasteiger partial charge in [-0.2, -0.15) is 0 Å². The fourth-order valence-electron chi connectivity index (χ4n) is 0.530. The maximum Gasteiger partial charge on any atom is -0.00502 e. The van der Waals surface area contributed by atoms with Crippen molar-refractivity contribution in [2.75, 3.05) is 0 Å². The van der Waals surface area contributed by atoms with Gasteiger partial charge in [-0.05, 0) is 32.8 Å². The lowest BCUT2D eigenvalue weighted by molar-refractivity contribution is 1.26. The zero-order valence-electron chi connectivity index (χ0n) is 6.94. The Morgan fingerprint density at radius 1 is 1.30 bits per heavy atom. The summed E-state index contributed by atoms with van der Waals surface area (Å²) in [4.78, 5) is 0. The van der Waals surface area contributed by atoms with E-state index in [-0.39, 0.29) is 0 Å². The van der Waals surface area contributed by atoms with Crippen LogP contribution in [-0.2, 0) is 0 Å². The van der Waals surface area contributed by atoms with Gasteiger partial charge in [0.05, 0.1) is 0 Å². The highest BCUT2D eigenvalue weighted by atomic mass is 13.8. The third-order valence-electron chi connectivity index (χ3n) is 1.18. The summed E-state index contributed by atoms with van der Waals surface area (Å²) in [7, 11) is 0. The highest BCUT2D eigenvalue weighted by Crippen LogP contribution is 1.97. The van der Waals surface area contributed by atoms with Crippen LogP contribution in [0.5, 0.6) is 0 Å². The Labute approximate surface area is 63.6 Å². The van der Waals surface area contributed by atoms with Crippen LogP contribution in [0.2, 0.25) is 0 Å². The second-order valence-electron chi connectivity index (χ2n) is 2.55. The fourth-order valence-corrected chi connectivity index (χ4v) is 0.530. The fraction of sp³-hybridized carbons (Fsp3) is 0.400. The number of terminal acetylenes is 1. The summed E-state index contributed by atoms with van der Waals surface area (Å²) < 4.78 is 0. The molecular weight excluding hydrogens is 120 g/mol. The van der Waals surface area contributed by atoms with Crippen molar-refractivity contribution in [3.8, 4) is 12.3 Å². The molecule has 0 aromatic heterocycles. The average Bonchev–Trinajstić information content (AvgIpc) is 1.87. The van der Waals surface area contributed by atoms with Gasteiger partial charge in [0, 0.05) is 0 Å². The van der Waals surface area contributed by atoms with Gasteiger partial charge in [0.15, 0.2) is 0 Å². The molecule has 0 fully saturated rings. The molecule has 0 atom stereocenters. The molecule has 0 aliphatic rings. The standard InChI is InChI=1S/C10H14/c1-5-10(4)8-6-7-9(2)3/h1,7-8H,6H2,2-4H3/b10-8-. The van der Waals surface area contributed by atoms with Gasteiger partial charge in [-0.15, -0.1) is 6.42 Å². The van der Waals surface area contributed by atoms with Crippen LogP contribution in [0.1, 0.15) is 27.2 Å². The Morgan fingerprint density at radius 3 is 2.30 bits per heavy atom. The first-order chi connectivity index (χ1) is 4.66. The van der Waals surface area contributed by atoms with E-state index in [1.807, 2.05) is 13.0 Å². The average molecular weight is 134 g/mol. The molecule has 0 saturated heterocycles. The molecular formula is C10H14. The summed E-state index contributed by atoms with van der Waals surface area (Å²) in [5, 5.41) is 0. The summed E-state index contributed by atoms with van der Waals surface area (Å²) in [6.45, 7) is 6.11. The van der Waals surface area contributed by atoms with Crippen LogP contribution in [0.15, 0.2) is 23.3 Å². The van der Waals surface area contributed by atoms with Gasteiger partial charge in [-0.3, -0.25) is 0 Å². The Balaban J connectivity index is 3.77. The molecule has 0 bridgehead atoms. The minimum absolute atomic E-state index is 0.957. The van der Waals surface area contributed by atoms with Crippen molar-refractivity contribution in [2.45, 2.75) is 27.2 Å². The van der Waals surface area contributed by atoms with Crippen LogP contribution in [0.25, 0.3) is 0 Å². The lowest BCUT2D eigenvalue weighted by Crippen LogP contribution is -1.68. The van der Waals surface area contributed by atoms with E-state index in [2.05, 4.69) is 25.8 Å². The van der Waals surface area contributed by atoms with Crippen molar-refractivity contribution in [1.29, 1.82) is 0 Å². The molecule has 0 aromatic carbocycles. The van der Waals surface area contributed by atoms with Gasteiger partial charge in [0.25, 0.3) is 0 Å². The maximum absolute atomic E-state index is 5.15. The lowest BCUT2D eigenvalue weighted by Gasteiger charge is -1.87. The Bertz CT molecular complexity index is 183. The molecule has 0 aliphatic heterocycles. The van der Waals surface area contributed by atoms with Gasteiger partial charge in [-0.25, -0.2) is 0 Å². The normalized spacial score (nSPS) is 10.4. The first-order valence-corrected chi connectivity index (χ1v) is 3.43. The molecule has 0 amide bonds. The van der Waals surface area contributed by atoms with E-state index in [1.54, 1.807) is 0 Å². The second-order valence-corrected chi connectivity index (χ2v) is 2.55. The molecule has 0 spiro atoms. The third kappa shape index (κ3) is 5.18. The zero-order chi connectivity index (χ0) is 7.98. The number of hydrogen-bond donors (Lipinski definition) is 0. The predicted molar refractivity (Wildman–Crippen MR) is 46.6 cm³/mol. The largest absolute Gasteiger partial charge is 0.115 e. The SMILES string of the molecule is C#C/C(C)=C\CC=C(C)C. The van der Waals surface area contributed by atoms with Crippen molar-refractivity contribution in [3.63, 3.8) is 0 Å². The van der Waals surface area contributed by atoms with Gasteiger partial charge >= 0.3 is 0 Å². The number of allylic oxidation sites excluding steroid dienone is 4. The molecule has 0 nitrogen and oxygen atoms in total. The molecule has 54 valence electrons. The van der Waals surface area contributed by atoms with Crippen molar-refractivity contribution in [1.82, 2.24) is 0 Å². The highest BCUT2D eigenvalue weighted by Gasteiger charge is 1.78. The first kappa shape index (κ1) is 9.04. The third-order valence-corrected chi connectivity index (χ3v) is 1.18. The Morgan fingerprint density at radius 2 is 1.90 bits per heavy atom. The molecule has 0 heterocycles. The maximum atomic E-state index is 5.15. The summed E-state index contributed by atoms with van der Waals surface area (Å²) in [6, 6.07) is 0. The van der Waals surface area contributed by atoms with Crippen LogP contribution in [0.3, 0.4) is 0 Å². The van der Waals surface area contributed by atoms with E-state index in [0.717, 1.165) is 12.0 Å². The van der Waals surface area contributed by atoms with Gasteiger partial charge in [-0.1, -0.05) is 23.6 Å². The van der Waals surface area contributed by atoms with Crippen molar-refractivity contribution in [3.05, 3.63) is 23.3 Å². The van der Waals surface area contributed by atoms with E-state index in [1.165, 1.54) is 5.57 Å². The van der Waals surface area contributed by atoms with Crippen molar-refractivity contribution in [2.24, 2.45) is 0 Å². The summed E-state index contributed by atoms with van der Waals surface area (Å²) >= 11 is 0. The summed E-state index contributed by atoms with van der Waals surface area (Å²) in [6.07, 6.45) is 10.3. The predicted octanol–water partition coefficient (Wildman–Crippen LogP) is 2.92. The van der Waals surface area contributed by atoms with Gasteiger partial charge in [0.1, 0.15) is 0 Å². The summed E-state index contributed by atoms with van der Waals surface area (Å²) in [5.41, 5.74) is 2.35. The van der Waals surface area contributed by atoms with Crippen molar-refractivity contribution < 1.29 is 0 Å². The quantitative estimate of drug-likeness (QED) is 0.402. The van der Waals surface area contributed by atoms with E-state index in [4.69, 9.17) is 6.42 Å². The first-order valence-electron chi connectivity index (χ1n) is 3.43. The molecule has 0 radical (unpaired) electrons. The van der Waals surface area contributed by atoms with Crippen LogP contribution in [0.4, 0.5) is 0 Å². The zero-order valence-corrected chi connectivity index (χ0v) is 6.94. The van der Waals surface area contributed by atoms with Crippen LogP contribution in [0, 0.1) is 12.3 Å². The van der Waals surface area contributed by atoms with E-state index < -0.39 is 0 Å². The van der Waals surface area contributed by atoms with E-state index >= 15 is 0 Å². The molecule has 0 rings (SSSR count). The topological polar surface area (TPSA) is 0 Å². The number of hydrogen-bond acceptors (Lipinski definition) is 0. The monoisotopic (exact) mass is 134 g/mol. The minimum atomic E-state index is 0.957. The Hall–Kier alpha value is -0.960. The molecule has 0 heteroatoms. The minimum Gasteiger partial charge on any atom is -0.115 e. The molecule has 0 aromatic rings. The van der Waals surface area contributed by atoms with Crippen molar-refractivity contribution >= 4 is 0 Å². The van der Waals surface area contributed by atoms with Gasteiger partial charge in [0.2, 0.25) is 0 Å². The van der Waals surface area contributed by atoms with E-state index in [0.29, 0.717) is 0 Å². The molecule has 0 aliphatic carbocycles.